The van der Waals surface area contributed by atoms with Crippen molar-refractivity contribution in [3.8, 4) is 5.75 Å². The molecule has 0 aliphatic carbocycles. The van der Waals surface area contributed by atoms with Crippen LogP contribution in [-0.4, -0.2) is 23.5 Å². The largest absolute Gasteiger partial charge is 0.465 e. The third kappa shape index (κ3) is 3.10. The van der Waals surface area contributed by atoms with Gasteiger partial charge in [-0.25, -0.2) is 10.1 Å². The Morgan fingerprint density at radius 1 is 1.47 bits per heavy atom. The summed E-state index contributed by atoms with van der Waals surface area (Å²) in [5.74, 6) is 0.463. The van der Waals surface area contributed by atoms with Crippen molar-refractivity contribution in [2.24, 2.45) is 0 Å². The van der Waals surface area contributed by atoms with Crippen LogP contribution in [0.25, 0.3) is 0 Å². The number of nitrogens with zero attached hydrogens (tertiary/aromatic N) is 2. The first-order valence-electron chi connectivity index (χ1n) is 4.33. The average Bonchev–Trinajstić information content (AvgIpc) is 2.17. The van der Waals surface area contributed by atoms with Crippen molar-refractivity contribution in [3.05, 3.63) is 34.4 Å². The van der Waals surface area contributed by atoms with Gasteiger partial charge >= 0.3 is 0 Å². The van der Waals surface area contributed by atoms with Gasteiger partial charge in [0.25, 0.3) is 0 Å². The van der Waals surface area contributed by atoms with Crippen LogP contribution < -0.4 is 9.75 Å². The van der Waals surface area contributed by atoms with Gasteiger partial charge in [-0.15, -0.1) is 0 Å². The minimum absolute atomic E-state index is 0.443. The number of anilines is 1. The van der Waals surface area contributed by atoms with E-state index in [2.05, 4.69) is 0 Å². The summed E-state index contributed by atoms with van der Waals surface area (Å²) in [5.41, 5.74) is 0.443. The number of nitro groups is 1. The average molecular weight is 212 g/mol. The first-order valence-corrected chi connectivity index (χ1v) is 4.33. The van der Waals surface area contributed by atoms with Crippen LogP contribution in [0.5, 0.6) is 5.75 Å². The number of ether oxygens (including phenoxy) is 1. The lowest BCUT2D eigenvalue weighted by atomic mass is 10.3. The maximum Gasteiger partial charge on any atom is 0.194 e. The van der Waals surface area contributed by atoms with Gasteiger partial charge in [0.1, 0.15) is 11.4 Å². The van der Waals surface area contributed by atoms with E-state index in [0.717, 1.165) is 5.01 Å². The molecule has 0 amide bonds. The number of hydrogen-bond donors (Lipinski definition) is 1. The normalized spacial score (nSPS) is 11.9. The van der Waals surface area contributed by atoms with E-state index in [1.54, 1.807) is 24.3 Å². The lowest BCUT2D eigenvalue weighted by molar-refractivity contribution is -0.490. The Hall–Kier alpha value is -1.82. The lowest BCUT2D eigenvalue weighted by Gasteiger charge is -2.11. The lowest BCUT2D eigenvalue weighted by Crippen LogP contribution is -2.24. The predicted molar refractivity (Wildman–Crippen MR) is 54.1 cm³/mol. The Morgan fingerprint density at radius 3 is 2.40 bits per heavy atom. The van der Waals surface area contributed by atoms with Crippen LogP contribution in [0.4, 0.5) is 5.69 Å². The highest BCUT2D eigenvalue weighted by molar-refractivity contribution is 5.46. The number of benzene rings is 1. The SMILES string of the molecule is CC(O)Oc1ccc(N(C)[N+](=O)[O-])cc1. The van der Waals surface area contributed by atoms with Gasteiger partial charge < -0.3 is 9.84 Å². The van der Waals surface area contributed by atoms with E-state index in [9.17, 15) is 10.1 Å². The molecule has 1 aromatic rings. The molecule has 1 aromatic carbocycles. The van der Waals surface area contributed by atoms with Gasteiger partial charge in [-0.2, -0.15) is 0 Å². The number of hydrogen-bond acceptors (Lipinski definition) is 4. The highest BCUT2D eigenvalue weighted by Gasteiger charge is 2.10. The fourth-order valence-corrected chi connectivity index (χ4v) is 1.03. The molecule has 82 valence electrons. The molecule has 0 bridgehead atoms. The van der Waals surface area contributed by atoms with E-state index in [1.807, 2.05) is 0 Å². The second-order valence-electron chi connectivity index (χ2n) is 2.97. The zero-order valence-electron chi connectivity index (χ0n) is 8.45. The molecule has 6 heteroatoms. The minimum atomic E-state index is -0.899. The molecule has 0 aromatic heterocycles. The molecular formula is C9H12N2O4. The molecule has 1 atom stereocenters. The zero-order chi connectivity index (χ0) is 11.4. The van der Waals surface area contributed by atoms with Crippen molar-refractivity contribution in [2.45, 2.75) is 13.2 Å². The molecular weight excluding hydrogens is 200 g/mol. The van der Waals surface area contributed by atoms with Gasteiger partial charge in [0, 0.05) is 0 Å². The summed E-state index contributed by atoms with van der Waals surface area (Å²) in [6.45, 7) is 1.48. The Bertz CT molecular complexity index is 336. The second kappa shape index (κ2) is 4.61. The standard InChI is InChI=1S/C9H12N2O4/c1-7(12)15-9-5-3-8(4-6-9)10(2)11(13)14/h3-7,12H,1-2H3. The molecule has 1 N–H and O–H groups in total. The quantitative estimate of drug-likeness (QED) is 0.458. The van der Waals surface area contributed by atoms with Gasteiger partial charge in [-0.05, 0) is 31.2 Å². The second-order valence-corrected chi connectivity index (χ2v) is 2.97. The van der Waals surface area contributed by atoms with Crippen molar-refractivity contribution < 1.29 is 14.9 Å². The van der Waals surface area contributed by atoms with Gasteiger partial charge in [0.05, 0.1) is 7.05 Å². The smallest absolute Gasteiger partial charge is 0.194 e. The van der Waals surface area contributed by atoms with E-state index in [-0.39, 0.29) is 0 Å². The number of rotatable bonds is 4. The van der Waals surface area contributed by atoms with E-state index >= 15 is 0 Å². The fourth-order valence-electron chi connectivity index (χ4n) is 1.03. The molecule has 0 aliphatic rings. The van der Waals surface area contributed by atoms with E-state index in [0.29, 0.717) is 11.4 Å². The highest BCUT2D eigenvalue weighted by Crippen LogP contribution is 2.18. The summed E-state index contributed by atoms with van der Waals surface area (Å²) >= 11 is 0. The molecule has 0 aliphatic heterocycles. The Labute approximate surface area is 86.8 Å². The molecule has 1 rings (SSSR count). The fraction of sp³-hybridized carbons (Fsp3) is 0.333. The van der Waals surface area contributed by atoms with Crippen molar-refractivity contribution >= 4 is 5.69 Å². The first kappa shape index (κ1) is 11.3. The van der Waals surface area contributed by atoms with Crippen LogP contribution in [-0.2, 0) is 0 Å². The molecule has 6 nitrogen and oxygen atoms in total. The molecule has 1 unspecified atom stereocenters. The number of hydrazine groups is 1. The van der Waals surface area contributed by atoms with E-state index < -0.39 is 11.3 Å². The van der Waals surface area contributed by atoms with Crippen LogP contribution in [0, 0.1) is 10.1 Å². The van der Waals surface area contributed by atoms with Gasteiger partial charge in [-0.3, -0.25) is 0 Å². The highest BCUT2D eigenvalue weighted by atomic mass is 16.7. The van der Waals surface area contributed by atoms with Crippen LogP contribution >= 0.6 is 0 Å². The molecule has 0 heterocycles. The Morgan fingerprint density at radius 2 is 2.00 bits per heavy atom. The maximum atomic E-state index is 10.4. The number of aliphatic hydroxyl groups is 1. The molecule has 0 fully saturated rings. The summed E-state index contributed by atoms with van der Waals surface area (Å²) in [7, 11) is 1.35. The zero-order valence-corrected chi connectivity index (χ0v) is 8.45. The topological polar surface area (TPSA) is 75.8 Å². The minimum Gasteiger partial charge on any atom is -0.465 e. The Kier molecular flexibility index (Phi) is 3.46. The maximum absolute atomic E-state index is 10.4. The molecule has 15 heavy (non-hydrogen) atoms. The molecule has 0 saturated carbocycles. The van der Waals surface area contributed by atoms with Crippen molar-refractivity contribution in [2.75, 3.05) is 12.1 Å². The summed E-state index contributed by atoms with van der Waals surface area (Å²) in [6.07, 6.45) is -0.899. The van der Waals surface area contributed by atoms with Gasteiger partial charge in [0.2, 0.25) is 0 Å². The third-order valence-corrected chi connectivity index (χ3v) is 1.76. The van der Waals surface area contributed by atoms with Gasteiger partial charge in [-0.1, -0.05) is 5.01 Å². The van der Waals surface area contributed by atoms with Gasteiger partial charge in [0.15, 0.2) is 11.3 Å². The van der Waals surface area contributed by atoms with E-state index in [4.69, 9.17) is 9.84 Å². The van der Waals surface area contributed by atoms with Crippen LogP contribution in [0.1, 0.15) is 6.92 Å². The molecule has 0 spiro atoms. The van der Waals surface area contributed by atoms with Crippen LogP contribution in [0.2, 0.25) is 0 Å². The summed E-state index contributed by atoms with van der Waals surface area (Å²) in [6, 6.07) is 6.20. The molecule has 0 radical (unpaired) electrons. The first-order chi connectivity index (χ1) is 7.00. The van der Waals surface area contributed by atoms with Crippen molar-refractivity contribution in [1.82, 2.24) is 0 Å². The number of aliphatic hydroxyl groups excluding tert-OH is 1. The van der Waals surface area contributed by atoms with Crippen molar-refractivity contribution in [3.63, 3.8) is 0 Å². The summed E-state index contributed by atoms with van der Waals surface area (Å²) in [4.78, 5) is 10.4. The van der Waals surface area contributed by atoms with E-state index in [1.165, 1.54) is 14.0 Å². The third-order valence-electron chi connectivity index (χ3n) is 1.76. The predicted octanol–water partition coefficient (Wildman–Crippen LogP) is 1.03. The summed E-state index contributed by atoms with van der Waals surface area (Å²) < 4.78 is 4.98. The van der Waals surface area contributed by atoms with Crippen LogP contribution in [0.3, 0.4) is 0 Å². The Balaban J connectivity index is 2.76. The molecule has 0 saturated heterocycles. The summed E-state index contributed by atoms with van der Waals surface area (Å²) in [5, 5.41) is 19.7. The monoisotopic (exact) mass is 212 g/mol. The van der Waals surface area contributed by atoms with Crippen molar-refractivity contribution in [1.29, 1.82) is 0 Å². The van der Waals surface area contributed by atoms with Crippen LogP contribution in [0.15, 0.2) is 24.3 Å².